The summed E-state index contributed by atoms with van der Waals surface area (Å²) in [6, 6.07) is 8.55. The van der Waals surface area contributed by atoms with E-state index in [1.54, 1.807) is 7.11 Å². The number of piperidine rings is 1. The van der Waals surface area contributed by atoms with Crippen LogP contribution in [0, 0.1) is 0 Å². The SMILES string of the molecule is COC1C(=O)CCN2CCc3ccccc3C12. The highest BCUT2D eigenvalue weighted by molar-refractivity contribution is 5.85. The van der Waals surface area contributed by atoms with Crippen LogP contribution in [0.5, 0.6) is 0 Å². The van der Waals surface area contributed by atoms with Gasteiger partial charge in [0.15, 0.2) is 5.78 Å². The van der Waals surface area contributed by atoms with Gasteiger partial charge >= 0.3 is 0 Å². The van der Waals surface area contributed by atoms with Crippen LogP contribution in [0.4, 0.5) is 0 Å². The normalized spacial score (nSPS) is 28.6. The Morgan fingerprint density at radius 2 is 2.00 bits per heavy atom. The largest absolute Gasteiger partial charge is 0.372 e. The zero-order valence-corrected chi connectivity index (χ0v) is 10.1. The lowest BCUT2D eigenvalue weighted by Gasteiger charge is -2.43. The number of carbonyl (C=O) groups excluding carboxylic acids is 1. The van der Waals surface area contributed by atoms with Crippen molar-refractivity contribution < 1.29 is 9.53 Å². The summed E-state index contributed by atoms with van der Waals surface area (Å²) in [6.07, 6.45) is 1.42. The number of nitrogens with zero attached hydrogens (tertiary/aromatic N) is 1. The molecule has 1 fully saturated rings. The highest BCUT2D eigenvalue weighted by Gasteiger charge is 2.40. The van der Waals surface area contributed by atoms with Gasteiger partial charge in [-0.15, -0.1) is 0 Å². The Kier molecular flexibility index (Phi) is 2.73. The summed E-state index contributed by atoms with van der Waals surface area (Å²) >= 11 is 0. The standard InChI is InChI=1S/C14H17NO2/c1-17-14-12(16)7-9-15-8-6-10-4-2-3-5-11(10)13(14)15/h2-5,13-14H,6-9H2,1H3. The second-order valence-corrected chi connectivity index (χ2v) is 4.80. The molecule has 0 bridgehead atoms. The summed E-state index contributed by atoms with van der Waals surface area (Å²) in [7, 11) is 1.64. The number of methoxy groups -OCH3 is 1. The van der Waals surface area contributed by atoms with Crippen molar-refractivity contribution in [3.8, 4) is 0 Å². The lowest BCUT2D eigenvalue weighted by molar-refractivity contribution is -0.139. The molecule has 2 heterocycles. The fourth-order valence-corrected chi connectivity index (χ4v) is 3.09. The first-order chi connectivity index (χ1) is 8.31. The summed E-state index contributed by atoms with van der Waals surface area (Å²) in [5, 5.41) is 0. The fraction of sp³-hybridized carbons (Fsp3) is 0.500. The van der Waals surface area contributed by atoms with Gasteiger partial charge in [-0.25, -0.2) is 0 Å². The van der Waals surface area contributed by atoms with E-state index in [0.29, 0.717) is 6.42 Å². The molecule has 2 aliphatic rings. The van der Waals surface area contributed by atoms with E-state index < -0.39 is 0 Å². The molecule has 0 aromatic heterocycles. The number of rotatable bonds is 1. The van der Waals surface area contributed by atoms with Crippen molar-refractivity contribution in [3.63, 3.8) is 0 Å². The minimum atomic E-state index is -0.287. The first-order valence-corrected chi connectivity index (χ1v) is 6.18. The quantitative estimate of drug-likeness (QED) is 0.735. The number of Topliss-reactive ketones (excluding diaryl/α,β-unsaturated/α-hetero) is 1. The van der Waals surface area contributed by atoms with Crippen LogP contribution in [0.25, 0.3) is 0 Å². The van der Waals surface area contributed by atoms with Crippen molar-refractivity contribution in [1.29, 1.82) is 0 Å². The number of hydrogen-bond acceptors (Lipinski definition) is 3. The topological polar surface area (TPSA) is 29.5 Å². The molecule has 2 atom stereocenters. The lowest BCUT2D eigenvalue weighted by atomic mass is 9.84. The van der Waals surface area contributed by atoms with Gasteiger partial charge in [0.05, 0.1) is 6.04 Å². The molecule has 3 rings (SSSR count). The van der Waals surface area contributed by atoms with Crippen LogP contribution in [-0.2, 0) is 16.0 Å². The van der Waals surface area contributed by atoms with Crippen LogP contribution in [0.15, 0.2) is 24.3 Å². The van der Waals surface area contributed by atoms with E-state index in [1.807, 2.05) is 6.07 Å². The summed E-state index contributed by atoms with van der Waals surface area (Å²) in [5.41, 5.74) is 2.64. The van der Waals surface area contributed by atoms with Crippen molar-refractivity contribution in [2.75, 3.05) is 20.2 Å². The molecule has 0 spiro atoms. The minimum Gasteiger partial charge on any atom is -0.372 e. The van der Waals surface area contributed by atoms with Gasteiger partial charge < -0.3 is 4.74 Å². The molecule has 2 aliphatic heterocycles. The van der Waals surface area contributed by atoms with Crippen LogP contribution in [0.2, 0.25) is 0 Å². The third-order valence-corrected chi connectivity index (χ3v) is 3.94. The third kappa shape index (κ3) is 1.70. The van der Waals surface area contributed by atoms with Crippen molar-refractivity contribution in [1.82, 2.24) is 4.90 Å². The van der Waals surface area contributed by atoms with Gasteiger partial charge in [-0.05, 0) is 17.5 Å². The molecular formula is C14H17NO2. The van der Waals surface area contributed by atoms with Gasteiger partial charge in [0.2, 0.25) is 0 Å². The highest BCUT2D eigenvalue weighted by atomic mass is 16.5. The van der Waals surface area contributed by atoms with E-state index in [2.05, 4.69) is 23.1 Å². The maximum atomic E-state index is 11.9. The summed E-state index contributed by atoms with van der Waals surface area (Å²) in [6.45, 7) is 1.91. The molecule has 1 aromatic carbocycles. The fourth-order valence-electron chi connectivity index (χ4n) is 3.09. The molecule has 3 nitrogen and oxygen atoms in total. The zero-order chi connectivity index (χ0) is 11.8. The predicted octanol–water partition coefficient (Wildman–Crippen LogP) is 1.57. The Labute approximate surface area is 101 Å². The molecule has 0 N–H and O–H groups in total. The van der Waals surface area contributed by atoms with E-state index in [9.17, 15) is 4.79 Å². The maximum absolute atomic E-state index is 11.9. The molecule has 90 valence electrons. The number of fused-ring (bicyclic) bond motifs is 3. The molecule has 3 heteroatoms. The molecule has 2 unspecified atom stereocenters. The monoisotopic (exact) mass is 231 g/mol. The Hall–Kier alpha value is -1.19. The molecule has 1 saturated heterocycles. The second kappa shape index (κ2) is 4.24. The Morgan fingerprint density at radius 3 is 2.82 bits per heavy atom. The average Bonchev–Trinajstić information content (AvgIpc) is 2.38. The first kappa shape index (κ1) is 10.9. The van der Waals surface area contributed by atoms with Gasteiger partial charge in [-0.3, -0.25) is 9.69 Å². The smallest absolute Gasteiger partial charge is 0.164 e. The van der Waals surface area contributed by atoms with Gasteiger partial charge in [0.25, 0.3) is 0 Å². The Morgan fingerprint density at radius 1 is 1.24 bits per heavy atom. The molecule has 1 aromatic rings. The molecule has 17 heavy (non-hydrogen) atoms. The van der Waals surface area contributed by atoms with Crippen LogP contribution in [-0.4, -0.2) is 37.0 Å². The average molecular weight is 231 g/mol. The van der Waals surface area contributed by atoms with E-state index >= 15 is 0 Å². The van der Waals surface area contributed by atoms with E-state index in [-0.39, 0.29) is 17.9 Å². The molecule has 0 saturated carbocycles. The van der Waals surface area contributed by atoms with Crippen LogP contribution >= 0.6 is 0 Å². The number of ether oxygens (including phenoxy) is 1. The molecule has 0 radical (unpaired) electrons. The zero-order valence-electron chi connectivity index (χ0n) is 10.1. The first-order valence-electron chi connectivity index (χ1n) is 6.18. The van der Waals surface area contributed by atoms with Gasteiger partial charge in [-0.1, -0.05) is 24.3 Å². The number of ketones is 1. The summed E-state index contributed by atoms with van der Waals surface area (Å²) < 4.78 is 5.44. The number of benzene rings is 1. The Balaban J connectivity index is 2.04. The maximum Gasteiger partial charge on any atom is 0.164 e. The number of carbonyl (C=O) groups is 1. The van der Waals surface area contributed by atoms with Crippen molar-refractivity contribution in [2.24, 2.45) is 0 Å². The van der Waals surface area contributed by atoms with E-state index in [4.69, 9.17) is 4.74 Å². The van der Waals surface area contributed by atoms with Crippen LogP contribution in [0.3, 0.4) is 0 Å². The highest BCUT2D eigenvalue weighted by Crippen LogP contribution is 2.36. The molecule has 0 amide bonds. The van der Waals surface area contributed by atoms with E-state index in [0.717, 1.165) is 19.5 Å². The number of hydrogen-bond donors (Lipinski definition) is 0. The third-order valence-electron chi connectivity index (χ3n) is 3.94. The second-order valence-electron chi connectivity index (χ2n) is 4.80. The molecule has 0 aliphatic carbocycles. The van der Waals surface area contributed by atoms with Gasteiger partial charge in [-0.2, -0.15) is 0 Å². The summed E-state index contributed by atoms with van der Waals surface area (Å²) in [5.74, 6) is 0.241. The predicted molar refractivity (Wildman–Crippen MR) is 64.9 cm³/mol. The van der Waals surface area contributed by atoms with Crippen LogP contribution in [0.1, 0.15) is 23.6 Å². The van der Waals surface area contributed by atoms with Crippen LogP contribution < -0.4 is 0 Å². The van der Waals surface area contributed by atoms with Crippen molar-refractivity contribution in [3.05, 3.63) is 35.4 Å². The minimum absolute atomic E-state index is 0.131. The van der Waals surface area contributed by atoms with Crippen molar-refractivity contribution >= 4 is 5.78 Å². The van der Waals surface area contributed by atoms with Gasteiger partial charge in [0, 0.05) is 26.6 Å². The summed E-state index contributed by atoms with van der Waals surface area (Å²) in [4.78, 5) is 14.3. The molecular weight excluding hydrogens is 214 g/mol. The van der Waals surface area contributed by atoms with Crippen molar-refractivity contribution in [2.45, 2.75) is 25.0 Å². The Bertz CT molecular complexity index is 444. The lowest BCUT2D eigenvalue weighted by Crippen LogP contribution is -2.50. The van der Waals surface area contributed by atoms with Gasteiger partial charge in [0.1, 0.15) is 6.10 Å². The van der Waals surface area contributed by atoms with E-state index in [1.165, 1.54) is 11.1 Å².